The van der Waals surface area contributed by atoms with Crippen LogP contribution in [0.15, 0.2) is 30.3 Å². The Hall–Kier alpha value is -1.20. The first kappa shape index (κ1) is 14.9. The molecule has 0 spiro atoms. The molecule has 0 aliphatic carbocycles. The lowest BCUT2D eigenvalue weighted by Gasteiger charge is -2.18. The molecular weight excluding hydrogens is 248 g/mol. The van der Waals surface area contributed by atoms with E-state index < -0.39 is 10.8 Å². The van der Waals surface area contributed by atoms with Crippen molar-refractivity contribution in [3.63, 3.8) is 0 Å². The van der Waals surface area contributed by atoms with Crippen LogP contribution in [0.3, 0.4) is 0 Å². The van der Waals surface area contributed by atoms with E-state index in [0.29, 0.717) is 25.1 Å². The van der Waals surface area contributed by atoms with Crippen molar-refractivity contribution in [2.24, 2.45) is 5.73 Å². The van der Waals surface area contributed by atoms with Gasteiger partial charge >= 0.3 is 0 Å². The van der Waals surface area contributed by atoms with Crippen LogP contribution in [0.1, 0.15) is 24.4 Å². The van der Waals surface area contributed by atoms with Crippen molar-refractivity contribution in [1.29, 1.82) is 0 Å². The SMILES string of the molecule is CS(=O)CC(NC(=O)CCCN)c1ccccc1. The van der Waals surface area contributed by atoms with Gasteiger partial charge in [0.05, 0.1) is 6.04 Å². The maximum atomic E-state index is 11.7. The molecule has 2 unspecified atom stereocenters. The monoisotopic (exact) mass is 268 g/mol. The lowest BCUT2D eigenvalue weighted by Crippen LogP contribution is -2.32. The van der Waals surface area contributed by atoms with Crippen molar-refractivity contribution in [3.8, 4) is 0 Å². The summed E-state index contributed by atoms with van der Waals surface area (Å²) in [5.74, 6) is 0.387. The Morgan fingerprint density at radius 1 is 1.39 bits per heavy atom. The summed E-state index contributed by atoms with van der Waals surface area (Å²) in [7, 11) is -0.958. The number of nitrogens with two attached hydrogens (primary N) is 1. The third kappa shape index (κ3) is 5.42. The second-order valence-electron chi connectivity index (χ2n) is 4.16. The molecule has 0 saturated carbocycles. The van der Waals surface area contributed by atoms with E-state index in [9.17, 15) is 9.00 Å². The number of amides is 1. The van der Waals surface area contributed by atoms with Crippen LogP contribution in [0.5, 0.6) is 0 Å². The zero-order valence-corrected chi connectivity index (χ0v) is 11.4. The summed E-state index contributed by atoms with van der Waals surface area (Å²) in [6.07, 6.45) is 2.72. The highest BCUT2D eigenvalue weighted by Crippen LogP contribution is 2.13. The van der Waals surface area contributed by atoms with Gasteiger partial charge in [-0.15, -0.1) is 0 Å². The number of rotatable bonds is 7. The second kappa shape index (κ2) is 8.00. The summed E-state index contributed by atoms with van der Waals surface area (Å²) in [4.78, 5) is 11.7. The summed E-state index contributed by atoms with van der Waals surface area (Å²) in [5, 5.41) is 2.91. The molecule has 0 aliphatic rings. The van der Waals surface area contributed by atoms with E-state index in [2.05, 4.69) is 5.32 Å². The molecule has 0 saturated heterocycles. The first-order valence-electron chi connectivity index (χ1n) is 5.98. The highest BCUT2D eigenvalue weighted by atomic mass is 32.2. The number of carbonyl (C=O) groups is 1. The zero-order chi connectivity index (χ0) is 13.4. The minimum absolute atomic E-state index is 0.0419. The quantitative estimate of drug-likeness (QED) is 0.773. The van der Waals surface area contributed by atoms with Crippen molar-refractivity contribution in [2.45, 2.75) is 18.9 Å². The van der Waals surface area contributed by atoms with Crippen molar-refractivity contribution < 1.29 is 9.00 Å². The van der Waals surface area contributed by atoms with Crippen molar-refractivity contribution in [3.05, 3.63) is 35.9 Å². The van der Waals surface area contributed by atoms with Gasteiger partial charge in [0.1, 0.15) is 0 Å². The van der Waals surface area contributed by atoms with Crippen LogP contribution in [0.25, 0.3) is 0 Å². The average Bonchev–Trinajstić information content (AvgIpc) is 2.36. The third-order valence-electron chi connectivity index (χ3n) is 2.55. The molecule has 0 aromatic heterocycles. The Morgan fingerprint density at radius 2 is 2.06 bits per heavy atom. The molecule has 1 rings (SSSR count). The van der Waals surface area contributed by atoms with E-state index >= 15 is 0 Å². The van der Waals surface area contributed by atoms with Gasteiger partial charge in [-0.2, -0.15) is 0 Å². The van der Waals surface area contributed by atoms with Crippen molar-refractivity contribution in [2.75, 3.05) is 18.6 Å². The Kier molecular flexibility index (Phi) is 6.60. The molecule has 100 valence electrons. The van der Waals surface area contributed by atoms with E-state index in [1.807, 2.05) is 30.3 Å². The molecule has 1 aromatic rings. The predicted molar refractivity (Wildman–Crippen MR) is 74.5 cm³/mol. The van der Waals surface area contributed by atoms with Crippen LogP contribution >= 0.6 is 0 Å². The second-order valence-corrected chi connectivity index (χ2v) is 5.64. The van der Waals surface area contributed by atoms with Gasteiger partial charge in [0.2, 0.25) is 5.91 Å². The van der Waals surface area contributed by atoms with E-state index in [1.165, 1.54) is 0 Å². The summed E-state index contributed by atoms with van der Waals surface area (Å²) in [6.45, 7) is 0.503. The molecule has 1 aromatic carbocycles. The van der Waals surface area contributed by atoms with Crippen LogP contribution in [0.2, 0.25) is 0 Å². The molecule has 3 N–H and O–H groups in total. The van der Waals surface area contributed by atoms with Gasteiger partial charge < -0.3 is 11.1 Å². The molecule has 18 heavy (non-hydrogen) atoms. The highest BCUT2D eigenvalue weighted by molar-refractivity contribution is 7.84. The lowest BCUT2D eigenvalue weighted by molar-refractivity contribution is -0.121. The zero-order valence-electron chi connectivity index (χ0n) is 10.6. The highest BCUT2D eigenvalue weighted by Gasteiger charge is 2.15. The fraction of sp³-hybridized carbons (Fsp3) is 0.462. The topological polar surface area (TPSA) is 72.2 Å². The average molecular weight is 268 g/mol. The Balaban J connectivity index is 2.67. The van der Waals surface area contributed by atoms with E-state index in [1.54, 1.807) is 6.26 Å². The van der Waals surface area contributed by atoms with Gasteiger partial charge in [-0.3, -0.25) is 9.00 Å². The fourth-order valence-electron chi connectivity index (χ4n) is 1.67. The molecule has 0 fully saturated rings. The molecule has 0 radical (unpaired) electrons. The smallest absolute Gasteiger partial charge is 0.220 e. The normalized spacial score (nSPS) is 13.9. The number of nitrogens with one attached hydrogen (secondary N) is 1. The molecule has 0 heterocycles. The third-order valence-corrected chi connectivity index (χ3v) is 3.35. The van der Waals surface area contributed by atoms with Gasteiger partial charge in [-0.25, -0.2) is 0 Å². The molecule has 4 nitrogen and oxygen atoms in total. The molecule has 2 atom stereocenters. The molecule has 5 heteroatoms. The van der Waals surface area contributed by atoms with E-state index in [4.69, 9.17) is 5.73 Å². The number of benzene rings is 1. The summed E-state index contributed by atoms with van der Waals surface area (Å²) in [6, 6.07) is 9.41. The predicted octanol–water partition coefficient (Wildman–Crippen LogP) is 0.961. The number of hydrogen-bond acceptors (Lipinski definition) is 3. The van der Waals surface area contributed by atoms with Gasteiger partial charge in [0, 0.05) is 29.2 Å². The van der Waals surface area contributed by atoms with E-state index in [-0.39, 0.29) is 11.9 Å². The lowest BCUT2D eigenvalue weighted by atomic mass is 10.1. The van der Waals surface area contributed by atoms with Gasteiger partial charge in [0.25, 0.3) is 0 Å². The summed E-state index contributed by atoms with van der Waals surface area (Å²) < 4.78 is 11.4. The van der Waals surface area contributed by atoms with Crippen LogP contribution < -0.4 is 11.1 Å². The van der Waals surface area contributed by atoms with Gasteiger partial charge in [-0.05, 0) is 18.5 Å². The molecule has 0 aliphatic heterocycles. The van der Waals surface area contributed by atoms with Gasteiger partial charge in [-0.1, -0.05) is 30.3 Å². The summed E-state index contributed by atoms with van der Waals surface area (Å²) >= 11 is 0. The van der Waals surface area contributed by atoms with Crippen LogP contribution in [-0.2, 0) is 15.6 Å². The minimum atomic E-state index is -0.958. The molecule has 1 amide bonds. The Bertz CT molecular complexity index is 395. The summed E-state index contributed by atoms with van der Waals surface area (Å²) in [5.41, 5.74) is 6.35. The van der Waals surface area contributed by atoms with Crippen molar-refractivity contribution in [1.82, 2.24) is 5.32 Å². The minimum Gasteiger partial charge on any atom is -0.348 e. The largest absolute Gasteiger partial charge is 0.348 e. The maximum Gasteiger partial charge on any atom is 0.220 e. The molecule has 0 bridgehead atoms. The van der Waals surface area contributed by atoms with Crippen LogP contribution in [-0.4, -0.2) is 28.7 Å². The first-order valence-corrected chi connectivity index (χ1v) is 7.70. The first-order chi connectivity index (χ1) is 8.63. The maximum absolute atomic E-state index is 11.7. The van der Waals surface area contributed by atoms with Crippen molar-refractivity contribution >= 4 is 16.7 Å². The number of hydrogen-bond donors (Lipinski definition) is 2. The van der Waals surface area contributed by atoms with Crippen LogP contribution in [0, 0.1) is 0 Å². The molecular formula is C13H20N2O2S. The van der Waals surface area contributed by atoms with E-state index in [0.717, 1.165) is 5.56 Å². The Morgan fingerprint density at radius 3 is 2.61 bits per heavy atom. The standard InChI is InChI=1S/C13H20N2O2S/c1-18(17)10-12(11-6-3-2-4-7-11)15-13(16)8-5-9-14/h2-4,6-7,12H,5,8-10,14H2,1H3,(H,15,16). The van der Waals surface area contributed by atoms with Crippen LogP contribution in [0.4, 0.5) is 0 Å². The Labute approximate surface area is 110 Å². The fourth-order valence-corrected chi connectivity index (χ4v) is 2.42. The van der Waals surface area contributed by atoms with Gasteiger partial charge in [0.15, 0.2) is 0 Å². The number of carbonyl (C=O) groups excluding carboxylic acids is 1.